The van der Waals surface area contributed by atoms with E-state index in [-0.39, 0.29) is 0 Å². The fraction of sp³-hybridized carbons (Fsp3) is 0.545. The van der Waals surface area contributed by atoms with E-state index in [2.05, 4.69) is 36.8 Å². The molecule has 0 aromatic carbocycles. The second-order valence-corrected chi connectivity index (χ2v) is 5.59. The Morgan fingerprint density at radius 3 is 2.73 bits per heavy atom. The van der Waals surface area contributed by atoms with Crippen molar-refractivity contribution in [2.75, 3.05) is 11.9 Å². The van der Waals surface area contributed by atoms with Crippen molar-refractivity contribution in [1.82, 2.24) is 4.98 Å². The molecule has 0 atom stereocenters. The summed E-state index contributed by atoms with van der Waals surface area (Å²) in [7, 11) is 0. The minimum Gasteiger partial charge on any atom is -0.491 e. The molecule has 1 saturated carbocycles. The maximum Gasteiger partial charge on any atom is 0.138 e. The van der Waals surface area contributed by atoms with Crippen molar-refractivity contribution in [1.29, 1.82) is 0 Å². The van der Waals surface area contributed by atoms with Crippen LogP contribution in [0.1, 0.15) is 19.3 Å². The summed E-state index contributed by atoms with van der Waals surface area (Å²) in [4.78, 5) is 4.07. The largest absolute Gasteiger partial charge is 0.491 e. The van der Waals surface area contributed by atoms with Crippen LogP contribution in [0.5, 0.6) is 5.75 Å². The lowest BCUT2D eigenvalue weighted by Crippen LogP contribution is -2.37. The third-order valence-corrected chi connectivity index (χ3v) is 4.55. The van der Waals surface area contributed by atoms with E-state index < -0.39 is 0 Å². The normalized spacial score (nSPS) is 18.3. The lowest BCUT2D eigenvalue weighted by Gasteiger charge is -2.39. The van der Waals surface area contributed by atoms with Crippen LogP contribution >= 0.6 is 31.9 Å². The van der Waals surface area contributed by atoms with Gasteiger partial charge in [0.1, 0.15) is 5.75 Å². The lowest BCUT2D eigenvalue weighted by atomic mass is 9.71. The molecular formula is C11H13Br2NO. The molecule has 1 aromatic rings. The van der Waals surface area contributed by atoms with Crippen molar-refractivity contribution < 1.29 is 4.74 Å². The van der Waals surface area contributed by atoms with E-state index in [9.17, 15) is 0 Å². The Bertz CT molecular complexity index is 334. The quantitative estimate of drug-likeness (QED) is 0.781. The SMILES string of the molecule is BrCC1(COc2cncc(Br)c2)CCC1. The third-order valence-electron chi connectivity index (χ3n) is 2.92. The molecule has 4 heteroatoms. The van der Waals surface area contributed by atoms with Crippen molar-refractivity contribution in [3.63, 3.8) is 0 Å². The number of aromatic nitrogens is 1. The highest BCUT2D eigenvalue weighted by Gasteiger charge is 2.36. The number of hydrogen-bond acceptors (Lipinski definition) is 2. The third kappa shape index (κ3) is 2.72. The topological polar surface area (TPSA) is 22.1 Å². The molecule has 0 N–H and O–H groups in total. The summed E-state index contributed by atoms with van der Waals surface area (Å²) in [6.07, 6.45) is 7.37. The summed E-state index contributed by atoms with van der Waals surface area (Å²) in [5.41, 5.74) is 0.363. The van der Waals surface area contributed by atoms with Gasteiger partial charge < -0.3 is 4.74 Å². The van der Waals surface area contributed by atoms with Gasteiger partial charge >= 0.3 is 0 Å². The van der Waals surface area contributed by atoms with Crippen LogP contribution in [-0.2, 0) is 0 Å². The lowest BCUT2D eigenvalue weighted by molar-refractivity contribution is 0.0836. The van der Waals surface area contributed by atoms with Gasteiger partial charge in [-0.1, -0.05) is 22.4 Å². The van der Waals surface area contributed by atoms with E-state index in [4.69, 9.17) is 4.74 Å². The van der Waals surface area contributed by atoms with Gasteiger partial charge in [-0.15, -0.1) is 0 Å². The van der Waals surface area contributed by atoms with E-state index in [1.807, 2.05) is 6.07 Å². The average Bonchev–Trinajstić information content (AvgIpc) is 2.17. The smallest absolute Gasteiger partial charge is 0.138 e. The molecule has 82 valence electrons. The number of halogens is 2. The van der Waals surface area contributed by atoms with Crippen molar-refractivity contribution in [3.8, 4) is 5.75 Å². The number of alkyl halides is 1. The average molecular weight is 335 g/mol. The van der Waals surface area contributed by atoms with Crippen molar-refractivity contribution in [3.05, 3.63) is 22.9 Å². The van der Waals surface area contributed by atoms with E-state index in [0.29, 0.717) is 5.41 Å². The molecule has 1 aliphatic rings. The molecule has 1 heterocycles. The Morgan fingerprint density at radius 1 is 1.40 bits per heavy atom. The molecule has 0 spiro atoms. The predicted octanol–water partition coefficient (Wildman–Crippen LogP) is 3.79. The Labute approximate surface area is 107 Å². The first-order valence-corrected chi connectivity index (χ1v) is 6.95. The molecular weight excluding hydrogens is 322 g/mol. The van der Waals surface area contributed by atoms with E-state index in [0.717, 1.165) is 22.2 Å². The zero-order valence-electron chi connectivity index (χ0n) is 8.38. The van der Waals surface area contributed by atoms with Gasteiger partial charge in [-0.2, -0.15) is 0 Å². The zero-order chi connectivity index (χ0) is 10.7. The first kappa shape index (κ1) is 11.4. The van der Waals surface area contributed by atoms with E-state index >= 15 is 0 Å². The molecule has 0 bridgehead atoms. The molecule has 1 aliphatic carbocycles. The van der Waals surface area contributed by atoms with Crippen LogP contribution in [0.4, 0.5) is 0 Å². The fourth-order valence-corrected chi connectivity index (χ4v) is 2.77. The molecule has 0 unspecified atom stereocenters. The highest BCUT2D eigenvalue weighted by Crippen LogP contribution is 2.42. The summed E-state index contributed by atoms with van der Waals surface area (Å²) in [6, 6.07) is 1.95. The summed E-state index contributed by atoms with van der Waals surface area (Å²) < 4.78 is 6.72. The highest BCUT2D eigenvalue weighted by atomic mass is 79.9. The Hall–Kier alpha value is -0.0900. The van der Waals surface area contributed by atoms with Gasteiger partial charge in [0.05, 0.1) is 12.8 Å². The molecule has 0 saturated heterocycles. The molecule has 2 nitrogen and oxygen atoms in total. The van der Waals surface area contributed by atoms with Crippen molar-refractivity contribution in [2.45, 2.75) is 19.3 Å². The fourth-order valence-electron chi connectivity index (χ4n) is 1.70. The predicted molar refractivity (Wildman–Crippen MR) is 67.5 cm³/mol. The van der Waals surface area contributed by atoms with Gasteiger partial charge in [-0.05, 0) is 34.8 Å². The van der Waals surface area contributed by atoms with Crippen LogP contribution in [0.15, 0.2) is 22.9 Å². The van der Waals surface area contributed by atoms with E-state index in [1.165, 1.54) is 19.3 Å². The summed E-state index contributed by atoms with van der Waals surface area (Å²) in [6.45, 7) is 0.788. The van der Waals surface area contributed by atoms with Crippen molar-refractivity contribution >= 4 is 31.9 Å². The monoisotopic (exact) mass is 333 g/mol. The number of rotatable bonds is 4. The molecule has 0 radical (unpaired) electrons. The number of nitrogens with zero attached hydrogens (tertiary/aromatic N) is 1. The highest BCUT2D eigenvalue weighted by molar-refractivity contribution is 9.10. The van der Waals surface area contributed by atoms with Gasteiger partial charge in [-0.25, -0.2) is 0 Å². The van der Waals surface area contributed by atoms with Gasteiger partial charge in [0.2, 0.25) is 0 Å². The van der Waals surface area contributed by atoms with E-state index in [1.54, 1.807) is 12.4 Å². The van der Waals surface area contributed by atoms with Gasteiger partial charge in [-0.3, -0.25) is 4.98 Å². The Balaban J connectivity index is 1.92. The number of hydrogen-bond donors (Lipinski definition) is 0. The van der Waals surface area contributed by atoms with Gasteiger partial charge in [0, 0.05) is 21.4 Å². The van der Waals surface area contributed by atoms with Crippen molar-refractivity contribution in [2.24, 2.45) is 5.41 Å². The van der Waals surface area contributed by atoms with Crippen LogP contribution in [0, 0.1) is 5.41 Å². The molecule has 1 fully saturated rings. The second kappa shape index (κ2) is 4.83. The maximum atomic E-state index is 5.76. The molecule has 15 heavy (non-hydrogen) atoms. The standard InChI is InChI=1S/C11H13Br2NO/c12-7-11(2-1-3-11)8-15-10-4-9(13)5-14-6-10/h4-6H,1-3,7-8H2. The maximum absolute atomic E-state index is 5.76. The minimum absolute atomic E-state index is 0.363. The van der Waals surface area contributed by atoms with Gasteiger partial charge in [0.15, 0.2) is 0 Å². The van der Waals surface area contributed by atoms with Crippen LogP contribution in [-0.4, -0.2) is 16.9 Å². The minimum atomic E-state index is 0.363. The molecule has 2 rings (SSSR count). The first-order chi connectivity index (χ1) is 7.24. The van der Waals surface area contributed by atoms with Crippen LogP contribution < -0.4 is 4.74 Å². The van der Waals surface area contributed by atoms with Crippen LogP contribution in [0.25, 0.3) is 0 Å². The summed E-state index contributed by atoms with van der Waals surface area (Å²) in [5.74, 6) is 0.844. The molecule has 0 aliphatic heterocycles. The Kier molecular flexibility index (Phi) is 3.67. The second-order valence-electron chi connectivity index (χ2n) is 4.11. The van der Waals surface area contributed by atoms with Gasteiger partial charge in [0.25, 0.3) is 0 Å². The first-order valence-electron chi connectivity index (χ1n) is 5.03. The van der Waals surface area contributed by atoms with Crippen LogP contribution in [0.2, 0.25) is 0 Å². The molecule has 1 aromatic heterocycles. The summed E-state index contributed by atoms with van der Waals surface area (Å²) >= 11 is 6.95. The summed E-state index contributed by atoms with van der Waals surface area (Å²) in [5, 5.41) is 1.03. The number of pyridine rings is 1. The molecule has 0 amide bonds. The number of ether oxygens (including phenoxy) is 1. The zero-order valence-corrected chi connectivity index (χ0v) is 11.6. The Morgan fingerprint density at radius 2 is 2.20 bits per heavy atom. The van der Waals surface area contributed by atoms with Crippen LogP contribution in [0.3, 0.4) is 0 Å².